The second kappa shape index (κ2) is 10.8. The molecular weight excluding hydrogens is 530 g/mol. The summed E-state index contributed by atoms with van der Waals surface area (Å²) >= 11 is 11.9. The summed E-state index contributed by atoms with van der Waals surface area (Å²) in [6.45, 7) is 0. The molecule has 3 aromatic carbocycles. The minimum absolute atomic E-state index is 0.210. The minimum Gasteiger partial charge on any atom is -0.497 e. The molecule has 2 atom stereocenters. The first-order valence-electron chi connectivity index (χ1n) is 12.4. The highest BCUT2D eigenvalue weighted by Crippen LogP contribution is 2.43. The summed E-state index contributed by atoms with van der Waals surface area (Å²) in [5.74, 6) is 3.73. The van der Waals surface area contributed by atoms with E-state index in [9.17, 15) is 0 Å². The number of rotatable bonds is 7. The van der Waals surface area contributed by atoms with Crippen LogP contribution in [0.3, 0.4) is 0 Å². The molecule has 0 aliphatic carbocycles. The molecule has 3 heterocycles. The Balaban J connectivity index is 1.32. The number of nitrogens with zero attached hydrogens (tertiary/aromatic N) is 2. The van der Waals surface area contributed by atoms with E-state index in [1.54, 1.807) is 13.3 Å². The van der Waals surface area contributed by atoms with Crippen molar-refractivity contribution >= 4 is 34.6 Å². The quantitative estimate of drug-likeness (QED) is 0.205. The highest BCUT2D eigenvalue weighted by Gasteiger charge is 2.42. The van der Waals surface area contributed by atoms with Gasteiger partial charge in [-0.3, -0.25) is 4.98 Å². The van der Waals surface area contributed by atoms with E-state index >= 15 is 0 Å². The molecule has 0 saturated carbocycles. The van der Waals surface area contributed by atoms with Gasteiger partial charge in [-0.1, -0.05) is 17.7 Å². The third-order valence-electron chi connectivity index (χ3n) is 6.56. The molecule has 0 amide bonds. The van der Waals surface area contributed by atoms with Crippen molar-refractivity contribution in [2.45, 2.75) is 12.1 Å². The van der Waals surface area contributed by atoms with Gasteiger partial charge in [0.1, 0.15) is 34.8 Å². The van der Waals surface area contributed by atoms with E-state index in [-0.39, 0.29) is 12.1 Å². The predicted molar refractivity (Wildman–Crippen MR) is 157 cm³/mol. The van der Waals surface area contributed by atoms with Crippen LogP contribution in [-0.2, 0) is 0 Å². The summed E-state index contributed by atoms with van der Waals surface area (Å²) in [5, 5.41) is 4.73. The van der Waals surface area contributed by atoms with Crippen LogP contribution in [0.25, 0.3) is 11.3 Å². The number of ether oxygens (including phenoxy) is 2. The number of hydrogen-bond acceptors (Lipinski definition) is 5. The number of furan rings is 1. The first-order valence-corrected chi connectivity index (χ1v) is 13.2. The van der Waals surface area contributed by atoms with Crippen LogP contribution in [0.2, 0.25) is 5.02 Å². The van der Waals surface area contributed by atoms with Crippen LogP contribution < -0.4 is 19.7 Å². The summed E-state index contributed by atoms with van der Waals surface area (Å²) in [5.41, 5.74) is 2.72. The van der Waals surface area contributed by atoms with Gasteiger partial charge in [-0.15, -0.1) is 0 Å². The van der Waals surface area contributed by atoms with Crippen LogP contribution >= 0.6 is 23.8 Å². The van der Waals surface area contributed by atoms with Crippen molar-refractivity contribution in [1.29, 1.82) is 0 Å². The lowest BCUT2D eigenvalue weighted by Gasteiger charge is -2.26. The van der Waals surface area contributed by atoms with Gasteiger partial charge in [0.25, 0.3) is 0 Å². The molecule has 5 aromatic rings. The fourth-order valence-corrected chi connectivity index (χ4v) is 5.13. The molecule has 1 saturated heterocycles. The van der Waals surface area contributed by atoms with E-state index < -0.39 is 0 Å². The van der Waals surface area contributed by atoms with Crippen LogP contribution in [0, 0.1) is 0 Å². The van der Waals surface area contributed by atoms with E-state index in [1.165, 1.54) is 0 Å². The van der Waals surface area contributed by atoms with Crippen LogP contribution in [0.1, 0.15) is 23.5 Å². The van der Waals surface area contributed by atoms with Gasteiger partial charge in [-0.2, -0.15) is 0 Å². The normalized spacial score (nSPS) is 16.7. The van der Waals surface area contributed by atoms with Crippen LogP contribution in [0.5, 0.6) is 17.2 Å². The number of halogens is 1. The summed E-state index contributed by atoms with van der Waals surface area (Å²) in [4.78, 5) is 6.68. The number of anilines is 1. The maximum Gasteiger partial charge on any atom is 0.174 e. The van der Waals surface area contributed by atoms with Crippen molar-refractivity contribution in [3.05, 3.63) is 126 Å². The summed E-state index contributed by atoms with van der Waals surface area (Å²) < 4.78 is 17.7. The zero-order chi connectivity index (χ0) is 26.8. The van der Waals surface area contributed by atoms with Crippen molar-refractivity contribution in [1.82, 2.24) is 10.3 Å². The highest BCUT2D eigenvalue weighted by atomic mass is 35.5. The molecule has 8 heteroatoms. The summed E-state index contributed by atoms with van der Waals surface area (Å²) in [7, 11) is 1.64. The monoisotopic (exact) mass is 553 g/mol. The lowest BCUT2D eigenvalue weighted by atomic mass is 10.0. The van der Waals surface area contributed by atoms with Gasteiger partial charge in [-0.05, 0) is 109 Å². The molecule has 1 fully saturated rings. The van der Waals surface area contributed by atoms with Crippen molar-refractivity contribution in [2.24, 2.45) is 0 Å². The van der Waals surface area contributed by atoms with Gasteiger partial charge in [-0.25, -0.2) is 0 Å². The molecule has 1 aliphatic heterocycles. The Kier molecular flexibility index (Phi) is 6.92. The Morgan fingerprint density at radius 2 is 1.54 bits per heavy atom. The summed E-state index contributed by atoms with van der Waals surface area (Å²) in [6, 6.07) is 32.2. The number of hydrogen-bond donors (Lipinski definition) is 1. The number of methoxy groups -OCH3 is 1. The van der Waals surface area contributed by atoms with Crippen LogP contribution in [0.15, 0.2) is 114 Å². The van der Waals surface area contributed by atoms with Gasteiger partial charge in [0.05, 0.1) is 18.8 Å². The Morgan fingerprint density at radius 3 is 2.21 bits per heavy atom. The fourth-order valence-electron chi connectivity index (χ4n) is 4.66. The van der Waals surface area contributed by atoms with E-state index in [0.29, 0.717) is 15.9 Å². The third-order valence-corrected chi connectivity index (χ3v) is 7.12. The van der Waals surface area contributed by atoms with Gasteiger partial charge in [0.15, 0.2) is 5.11 Å². The molecule has 0 bridgehead atoms. The number of aromatic nitrogens is 1. The first-order chi connectivity index (χ1) is 19.1. The Hall–Kier alpha value is -4.33. The van der Waals surface area contributed by atoms with E-state index in [0.717, 1.165) is 40.0 Å². The molecule has 0 unspecified atom stereocenters. The predicted octanol–water partition coefficient (Wildman–Crippen LogP) is 7.97. The third kappa shape index (κ3) is 5.19. The van der Waals surface area contributed by atoms with E-state index in [4.69, 9.17) is 37.7 Å². The standard InChI is InChI=1S/C31H24ClN3O3S/c1-36-23-13-15-25(16-14-23)37-24-11-9-22(10-12-24)35-30(29(34-31(35)39)26-4-2-3-19-33-26)28-18-17-27(38-28)20-5-7-21(32)8-6-20/h2-19,29-30H,1H3,(H,34,39)/t29-,30-/m0/s1. The van der Waals surface area contributed by atoms with Crippen molar-refractivity contribution < 1.29 is 13.9 Å². The molecular formula is C31H24ClN3O3S. The van der Waals surface area contributed by atoms with Gasteiger partial charge >= 0.3 is 0 Å². The average molecular weight is 554 g/mol. The van der Waals surface area contributed by atoms with Crippen molar-refractivity contribution in [3.63, 3.8) is 0 Å². The molecule has 0 spiro atoms. The largest absolute Gasteiger partial charge is 0.497 e. The summed E-state index contributed by atoms with van der Waals surface area (Å²) in [6.07, 6.45) is 1.78. The molecule has 0 radical (unpaired) electrons. The van der Waals surface area contributed by atoms with Gasteiger partial charge in [0.2, 0.25) is 0 Å². The van der Waals surface area contributed by atoms with Gasteiger partial charge < -0.3 is 24.1 Å². The average Bonchev–Trinajstić information content (AvgIpc) is 3.59. The highest BCUT2D eigenvalue weighted by molar-refractivity contribution is 7.80. The van der Waals surface area contributed by atoms with Crippen molar-refractivity contribution in [3.8, 4) is 28.6 Å². The van der Waals surface area contributed by atoms with Crippen LogP contribution in [0.4, 0.5) is 5.69 Å². The number of pyridine rings is 1. The molecule has 6 rings (SSSR count). The first kappa shape index (κ1) is 25.0. The Bertz CT molecular complexity index is 1570. The molecule has 2 aromatic heterocycles. The fraction of sp³-hybridized carbons (Fsp3) is 0.0968. The number of nitrogens with one attached hydrogen (secondary N) is 1. The molecule has 39 heavy (non-hydrogen) atoms. The van der Waals surface area contributed by atoms with Gasteiger partial charge in [0, 0.05) is 22.5 Å². The second-order valence-electron chi connectivity index (χ2n) is 8.98. The zero-order valence-corrected chi connectivity index (χ0v) is 22.5. The molecule has 6 nitrogen and oxygen atoms in total. The molecule has 1 aliphatic rings. The molecule has 1 N–H and O–H groups in total. The number of thiocarbonyl (C=S) groups is 1. The van der Waals surface area contributed by atoms with Crippen LogP contribution in [-0.4, -0.2) is 17.2 Å². The Morgan fingerprint density at radius 1 is 0.846 bits per heavy atom. The van der Waals surface area contributed by atoms with Crippen molar-refractivity contribution in [2.75, 3.05) is 12.0 Å². The smallest absolute Gasteiger partial charge is 0.174 e. The Labute approximate surface area is 236 Å². The molecule has 194 valence electrons. The zero-order valence-electron chi connectivity index (χ0n) is 21.0. The lowest BCUT2D eigenvalue weighted by molar-refractivity contribution is 0.413. The maximum atomic E-state index is 6.42. The second-order valence-corrected chi connectivity index (χ2v) is 9.80. The van der Waals surface area contributed by atoms with E-state index in [2.05, 4.69) is 15.2 Å². The minimum atomic E-state index is -0.262. The SMILES string of the molecule is COc1ccc(Oc2ccc(N3C(=S)N[C@@H](c4ccccn4)[C@@H]3c3ccc(-c4ccc(Cl)cc4)o3)cc2)cc1. The maximum absolute atomic E-state index is 6.42. The topological polar surface area (TPSA) is 59.8 Å². The van der Waals surface area contributed by atoms with E-state index in [1.807, 2.05) is 103 Å². The lowest BCUT2D eigenvalue weighted by Crippen LogP contribution is -2.29. The number of benzene rings is 3.